The summed E-state index contributed by atoms with van der Waals surface area (Å²) in [5.74, 6) is -4.01. The molecule has 0 saturated heterocycles. The van der Waals surface area contributed by atoms with Crippen LogP contribution in [0.4, 0.5) is 8.78 Å². The molecule has 0 spiro atoms. The number of aliphatic hydroxyl groups excluding tert-OH is 1. The monoisotopic (exact) mass is 264 g/mol. The van der Waals surface area contributed by atoms with E-state index in [1.54, 1.807) is 0 Å². The minimum Gasteiger partial charge on any atom is -0.448 e. The molecule has 0 rings (SSSR count). The maximum atomic E-state index is 12.4. The van der Waals surface area contributed by atoms with Crippen LogP contribution in [-0.4, -0.2) is 48.7 Å². The van der Waals surface area contributed by atoms with E-state index in [2.05, 4.69) is 9.47 Å². The molecule has 0 aromatic carbocycles. The Bertz CT molecular complexity index is 374. The van der Waals surface area contributed by atoms with Gasteiger partial charge in [0.25, 0.3) is 0 Å². The summed E-state index contributed by atoms with van der Waals surface area (Å²) in [5.41, 5.74) is 0. The first-order chi connectivity index (χ1) is 7.13. The molecule has 0 fully saturated rings. The van der Waals surface area contributed by atoms with Crippen molar-refractivity contribution >= 4 is 22.1 Å². The van der Waals surface area contributed by atoms with E-state index < -0.39 is 40.7 Å². The first-order valence-corrected chi connectivity index (χ1v) is 4.85. The van der Waals surface area contributed by atoms with Gasteiger partial charge >= 0.3 is 27.3 Å². The maximum Gasteiger partial charge on any atom is 0.465 e. The number of aliphatic hydroxyl groups is 1. The van der Waals surface area contributed by atoms with Crippen molar-refractivity contribution < 1.29 is 45.9 Å². The number of alkyl halides is 2. The minimum atomic E-state index is -5.97. The molecule has 0 saturated carbocycles. The summed E-state index contributed by atoms with van der Waals surface area (Å²) in [6.45, 7) is -2.39. The molecule has 94 valence electrons. The number of hydrogen-bond acceptors (Lipinski definition) is 7. The third-order valence-corrected chi connectivity index (χ3v) is 1.92. The Kier molecular flexibility index (Phi) is 4.71. The van der Waals surface area contributed by atoms with Crippen molar-refractivity contribution in [1.82, 2.24) is 0 Å². The summed E-state index contributed by atoms with van der Waals surface area (Å²) < 4.78 is 60.2. The van der Waals surface area contributed by atoms with Crippen molar-refractivity contribution in [2.45, 2.75) is 5.25 Å². The number of esters is 2. The molecule has 11 heteroatoms. The SMILES string of the molecule is O=C(COC(=O)C(F)(F)S(=O)(=O)O)OCO. The molecule has 0 radical (unpaired) electrons. The highest BCUT2D eigenvalue weighted by molar-refractivity contribution is 7.87. The summed E-state index contributed by atoms with van der Waals surface area (Å²) in [5, 5.41) is 2.85. The number of rotatable bonds is 5. The Morgan fingerprint density at radius 1 is 1.25 bits per heavy atom. The molecule has 0 unspecified atom stereocenters. The molecule has 0 heterocycles. The van der Waals surface area contributed by atoms with E-state index in [-0.39, 0.29) is 0 Å². The quantitative estimate of drug-likeness (QED) is 0.349. The van der Waals surface area contributed by atoms with Gasteiger partial charge in [-0.25, -0.2) is 9.59 Å². The molecule has 0 amide bonds. The lowest BCUT2D eigenvalue weighted by molar-refractivity contribution is -0.172. The normalized spacial score (nSPS) is 12.0. The summed E-state index contributed by atoms with van der Waals surface area (Å²) in [6.07, 6.45) is 0. The van der Waals surface area contributed by atoms with Crippen LogP contribution in [0.25, 0.3) is 0 Å². The second-order valence-electron chi connectivity index (χ2n) is 2.21. The molecule has 2 N–H and O–H groups in total. The van der Waals surface area contributed by atoms with Crippen LogP contribution in [0.15, 0.2) is 0 Å². The summed E-state index contributed by atoms with van der Waals surface area (Å²) in [7, 11) is -5.97. The lowest BCUT2D eigenvalue weighted by atomic mass is 10.6. The third-order valence-electron chi connectivity index (χ3n) is 1.11. The van der Waals surface area contributed by atoms with Gasteiger partial charge in [-0.3, -0.25) is 4.55 Å². The highest BCUT2D eigenvalue weighted by Gasteiger charge is 2.54. The highest BCUT2D eigenvalue weighted by Crippen LogP contribution is 2.21. The fraction of sp³-hybridized carbons (Fsp3) is 0.600. The summed E-state index contributed by atoms with van der Waals surface area (Å²) in [4.78, 5) is 20.8. The summed E-state index contributed by atoms with van der Waals surface area (Å²) in [6, 6.07) is 0. The molecule has 0 bridgehead atoms. The molecular weight excluding hydrogens is 258 g/mol. The van der Waals surface area contributed by atoms with Crippen LogP contribution in [0.1, 0.15) is 0 Å². The van der Waals surface area contributed by atoms with Crippen molar-refractivity contribution in [3.8, 4) is 0 Å². The van der Waals surface area contributed by atoms with Gasteiger partial charge in [0.1, 0.15) is 0 Å². The molecule has 0 aliphatic carbocycles. The largest absolute Gasteiger partial charge is 0.465 e. The topological polar surface area (TPSA) is 127 Å². The van der Waals surface area contributed by atoms with E-state index in [0.717, 1.165) is 0 Å². The van der Waals surface area contributed by atoms with Gasteiger partial charge in [0.2, 0.25) is 0 Å². The van der Waals surface area contributed by atoms with Crippen molar-refractivity contribution in [2.75, 3.05) is 13.4 Å². The van der Waals surface area contributed by atoms with E-state index in [1.807, 2.05) is 0 Å². The number of hydrogen-bond donors (Lipinski definition) is 2. The van der Waals surface area contributed by atoms with Crippen LogP contribution in [0.3, 0.4) is 0 Å². The van der Waals surface area contributed by atoms with Gasteiger partial charge in [-0.15, -0.1) is 0 Å². The number of carbonyl (C=O) groups is 2. The van der Waals surface area contributed by atoms with E-state index >= 15 is 0 Å². The zero-order chi connectivity index (χ0) is 13.0. The molecule has 0 aromatic heterocycles. The second-order valence-corrected chi connectivity index (χ2v) is 3.68. The van der Waals surface area contributed by atoms with Gasteiger partial charge in [0.05, 0.1) is 0 Å². The summed E-state index contributed by atoms with van der Waals surface area (Å²) >= 11 is 0. The first-order valence-electron chi connectivity index (χ1n) is 3.41. The van der Waals surface area contributed by atoms with Gasteiger partial charge in [0, 0.05) is 0 Å². The van der Waals surface area contributed by atoms with Crippen LogP contribution in [0, 0.1) is 0 Å². The van der Waals surface area contributed by atoms with Gasteiger partial charge < -0.3 is 14.6 Å². The predicted molar refractivity (Wildman–Crippen MR) is 40.6 cm³/mol. The predicted octanol–water partition coefficient (Wildman–Crippen LogP) is -1.50. The van der Waals surface area contributed by atoms with Crippen LogP contribution >= 0.6 is 0 Å². The fourth-order valence-electron chi connectivity index (χ4n) is 0.427. The second kappa shape index (κ2) is 5.14. The lowest BCUT2D eigenvalue weighted by Crippen LogP contribution is -2.39. The van der Waals surface area contributed by atoms with Crippen molar-refractivity contribution in [1.29, 1.82) is 0 Å². The van der Waals surface area contributed by atoms with Crippen molar-refractivity contribution in [3.05, 3.63) is 0 Å². The van der Waals surface area contributed by atoms with E-state index in [4.69, 9.17) is 9.66 Å². The van der Waals surface area contributed by atoms with Gasteiger partial charge in [-0.1, -0.05) is 0 Å². The molecular formula is C5H6F2O8S. The molecule has 16 heavy (non-hydrogen) atoms. The third kappa shape index (κ3) is 3.67. The van der Waals surface area contributed by atoms with Gasteiger partial charge in [-0.2, -0.15) is 17.2 Å². The fourth-order valence-corrected chi connectivity index (χ4v) is 0.697. The van der Waals surface area contributed by atoms with Crippen LogP contribution in [0.2, 0.25) is 0 Å². The average Bonchev–Trinajstić information content (AvgIpc) is 2.12. The Morgan fingerprint density at radius 3 is 2.12 bits per heavy atom. The zero-order valence-electron chi connectivity index (χ0n) is 7.42. The Labute approximate surface area is 87.5 Å². The average molecular weight is 264 g/mol. The van der Waals surface area contributed by atoms with Crippen LogP contribution < -0.4 is 0 Å². The standard InChI is InChI=1S/C5H6F2O8S/c6-5(7,16(11,12)13)4(10)14-1-3(9)15-2-8/h8H,1-2H2,(H,11,12,13). The Balaban J connectivity index is 4.44. The van der Waals surface area contributed by atoms with Gasteiger partial charge in [-0.05, 0) is 0 Å². The number of carbonyl (C=O) groups excluding carboxylic acids is 2. The smallest absolute Gasteiger partial charge is 0.448 e. The number of halogens is 2. The van der Waals surface area contributed by atoms with E-state index in [9.17, 15) is 26.8 Å². The molecule has 0 aliphatic rings. The Hall–Kier alpha value is -1.33. The molecule has 0 aromatic rings. The van der Waals surface area contributed by atoms with Crippen molar-refractivity contribution in [3.63, 3.8) is 0 Å². The molecule has 0 atom stereocenters. The first kappa shape index (κ1) is 14.7. The van der Waals surface area contributed by atoms with Crippen molar-refractivity contribution in [2.24, 2.45) is 0 Å². The maximum absolute atomic E-state index is 12.4. The zero-order valence-corrected chi connectivity index (χ0v) is 8.24. The molecule has 8 nitrogen and oxygen atoms in total. The van der Waals surface area contributed by atoms with Gasteiger partial charge in [0.15, 0.2) is 13.4 Å². The van der Waals surface area contributed by atoms with Crippen LogP contribution in [0.5, 0.6) is 0 Å². The highest BCUT2D eigenvalue weighted by atomic mass is 32.2. The van der Waals surface area contributed by atoms with E-state index in [1.165, 1.54) is 0 Å². The van der Waals surface area contributed by atoms with Crippen LogP contribution in [-0.2, 0) is 29.2 Å². The Morgan fingerprint density at radius 2 is 1.75 bits per heavy atom. The number of ether oxygens (including phenoxy) is 2. The minimum absolute atomic E-state index is 1.06. The lowest BCUT2D eigenvalue weighted by Gasteiger charge is -2.11. The van der Waals surface area contributed by atoms with E-state index in [0.29, 0.717) is 0 Å². The molecule has 0 aliphatic heterocycles.